The molecule has 33 heavy (non-hydrogen) atoms. The van der Waals surface area contributed by atoms with Crippen molar-refractivity contribution >= 4 is 32.3 Å². The fraction of sp³-hybridized carbons (Fsp3) is 0.0323. The van der Waals surface area contributed by atoms with Crippen molar-refractivity contribution in [2.24, 2.45) is 0 Å². The van der Waals surface area contributed by atoms with Crippen molar-refractivity contribution in [3.8, 4) is 33.8 Å². The molecule has 6 aromatic carbocycles. The maximum atomic E-state index is 10.3. The number of hydrogen-bond acceptors (Lipinski definition) is 2. The standard InChI is InChI=1S/C31H22O2/c1-33-25-15-13-20(14-16-25)30-26-11-4-5-12-27(26)31(23-9-6-10-24(32)17-23)29-19-22-8-3-2-7-21(22)18-28(29)30/h2-19,32H,1H3. The maximum absolute atomic E-state index is 10.3. The van der Waals surface area contributed by atoms with Crippen molar-refractivity contribution in [2.75, 3.05) is 7.11 Å². The van der Waals surface area contributed by atoms with E-state index in [-0.39, 0.29) is 5.75 Å². The molecule has 0 spiro atoms. The van der Waals surface area contributed by atoms with Gasteiger partial charge in [0.25, 0.3) is 0 Å². The summed E-state index contributed by atoms with van der Waals surface area (Å²) in [7, 11) is 1.69. The Kier molecular flexibility index (Phi) is 4.51. The predicted octanol–water partition coefficient (Wildman–Crippen LogP) is 8.19. The zero-order chi connectivity index (χ0) is 22.4. The minimum Gasteiger partial charge on any atom is -0.508 e. The molecule has 158 valence electrons. The van der Waals surface area contributed by atoms with Crippen LogP contribution < -0.4 is 4.74 Å². The SMILES string of the molecule is COc1ccc(-c2c3ccccc3c(-c3cccc(O)c3)c3cc4ccccc4cc23)cc1. The van der Waals surface area contributed by atoms with Crippen molar-refractivity contribution in [2.45, 2.75) is 0 Å². The van der Waals surface area contributed by atoms with Crippen molar-refractivity contribution in [1.29, 1.82) is 0 Å². The van der Waals surface area contributed by atoms with Crippen LogP contribution in [0.3, 0.4) is 0 Å². The van der Waals surface area contributed by atoms with Crippen LogP contribution in [0.5, 0.6) is 11.5 Å². The molecular formula is C31H22O2. The topological polar surface area (TPSA) is 29.5 Å². The number of benzene rings is 6. The Hall–Kier alpha value is -4.30. The fourth-order valence-electron chi connectivity index (χ4n) is 4.90. The first-order valence-electron chi connectivity index (χ1n) is 11.0. The molecule has 0 amide bonds. The van der Waals surface area contributed by atoms with E-state index >= 15 is 0 Å². The molecule has 0 atom stereocenters. The molecule has 0 heterocycles. The number of rotatable bonds is 3. The number of methoxy groups -OCH3 is 1. The summed E-state index contributed by atoms with van der Waals surface area (Å²) >= 11 is 0. The van der Waals surface area contributed by atoms with Crippen LogP contribution in [0.1, 0.15) is 0 Å². The molecule has 0 saturated heterocycles. The predicted molar refractivity (Wildman–Crippen MR) is 138 cm³/mol. The Morgan fingerprint density at radius 3 is 1.67 bits per heavy atom. The minimum absolute atomic E-state index is 0.268. The lowest BCUT2D eigenvalue weighted by Crippen LogP contribution is -1.91. The number of hydrogen-bond donors (Lipinski definition) is 1. The molecule has 2 nitrogen and oxygen atoms in total. The molecule has 0 aliphatic rings. The van der Waals surface area contributed by atoms with Crippen molar-refractivity contribution in [1.82, 2.24) is 0 Å². The second kappa shape index (κ2) is 7.68. The summed E-state index contributed by atoms with van der Waals surface area (Å²) in [5.74, 6) is 1.11. The highest BCUT2D eigenvalue weighted by atomic mass is 16.5. The summed E-state index contributed by atoms with van der Waals surface area (Å²) in [4.78, 5) is 0. The van der Waals surface area contributed by atoms with E-state index in [1.54, 1.807) is 13.2 Å². The normalized spacial score (nSPS) is 11.3. The average molecular weight is 427 g/mol. The lowest BCUT2D eigenvalue weighted by molar-refractivity contribution is 0.415. The van der Waals surface area contributed by atoms with Crippen molar-refractivity contribution < 1.29 is 9.84 Å². The maximum Gasteiger partial charge on any atom is 0.118 e. The van der Waals surface area contributed by atoms with Crippen LogP contribution >= 0.6 is 0 Å². The van der Waals surface area contributed by atoms with Gasteiger partial charge in [-0.1, -0.05) is 72.8 Å². The minimum atomic E-state index is 0.268. The molecule has 0 saturated carbocycles. The first-order valence-corrected chi connectivity index (χ1v) is 11.0. The van der Waals surface area contributed by atoms with E-state index in [1.807, 2.05) is 24.3 Å². The lowest BCUT2D eigenvalue weighted by atomic mass is 9.85. The number of phenols is 1. The summed E-state index contributed by atoms with van der Waals surface area (Å²) in [6.07, 6.45) is 0. The van der Waals surface area contributed by atoms with E-state index in [2.05, 4.69) is 78.9 Å². The van der Waals surface area contributed by atoms with Crippen LogP contribution in [-0.4, -0.2) is 12.2 Å². The molecule has 0 fully saturated rings. The Morgan fingerprint density at radius 2 is 1.09 bits per heavy atom. The number of phenolic OH excluding ortho intramolecular Hbond substituents is 1. The third-order valence-electron chi connectivity index (χ3n) is 6.40. The van der Waals surface area contributed by atoms with E-state index in [0.29, 0.717) is 0 Å². The zero-order valence-corrected chi connectivity index (χ0v) is 18.2. The third-order valence-corrected chi connectivity index (χ3v) is 6.40. The lowest BCUT2D eigenvalue weighted by Gasteiger charge is -2.19. The first-order chi connectivity index (χ1) is 16.2. The molecule has 0 aromatic heterocycles. The quantitative estimate of drug-likeness (QED) is 0.289. The molecule has 6 aromatic rings. The largest absolute Gasteiger partial charge is 0.508 e. The summed E-state index contributed by atoms with van der Waals surface area (Å²) < 4.78 is 5.40. The highest BCUT2D eigenvalue weighted by molar-refractivity contribution is 6.23. The Bertz CT molecular complexity index is 1650. The zero-order valence-electron chi connectivity index (χ0n) is 18.2. The molecule has 0 aliphatic heterocycles. The van der Waals surface area contributed by atoms with Crippen LogP contribution in [0.15, 0.2) is 109 Å². The van der Waals surface area contributed by atoms with Gasteiger partial charge in [-0.25, -0.2) is 0 Å². The summed E-state index contributed by atoms with van der Waals surface area (Å²) in [6.45, 7) is 0. The van der Waals surface area contributed by atoms with Gasteiger partial charge in [0.1, 0.15) is 11.5 Å². The van der Waals surface area contributed by atoms with Gasteiger partial charge in [0.15, 0.2) is 0 Å². The monoisotopic (exact) mass is 426 g/mol. The molecule has 0 aliphatic carbocycles. The summed E-state index contributed by atoms with van der Waals surface area (Å²) in [6, 6.07) is 37.4. The third kappa shape index (κ3) is 3.19. The number of aromatic hydroxyl groups is 1. The van der Waals surface area contributed by atoms with Gasteiger partial charge >= 0.3 is 0 Å². The second-order valence-electron chi connectivity index (χ2n) is 8.32. The molecule has 1 N–H and O–H groups in total. The van der Waals surface area contributed by atoms with E-state index in [4.69, 9.17) is 4.74 Å². The highest BCUT2D eigenvalue weighted by Gasteiger charge is 2.17. The van der Waals surface area contributed by atoms with Gasteiger partial charge in [-0.15, -0.1) is 0 Å². The molecule has 0 unspecified atom stereocenters. The molecule has 2 heteroatoms. The van der Waals surface area contributed by atoms with E-state index < -0.39 is 0 Å². The second-order valence-corrected chi connectivity index (χ2v) is 8.32. The van der Waals surface area contributed by atoms with Crippen LogP contribution in [0.25, 0.3) is 54.6 Å². The smallest absolute Gasteiger partial charge is 0.118 e. The van der Waals surface area contributed by atoms with Gasteiger partial charge in [-0.3, -0.25) is 0 Å². The first kappa shape index (κ1) is 19.4. The van der Waals surface area contributed by atoms with Gasteiger partial charge in [0.05, 0.1) is 7.11 Å². The molecule has 6 rings (SSSR count). The van der Waals surface area contributed by atoms with E-state index in [0.717, 1.165) is 27.8 Å². The number of ether oxygens (including phenoxy) is 1. The summed E-state index contributed by atoms with van der Waals surface area (Å²) in [5.41, 5.74) is 4.50. The van der Waals surface area contributed by atoms with Crippen LogP contribution in [0.2, 0.25) is 0 Å². The van der Waals surface area contributed by atoms with Gasteiger partial charge < -0.3 is 9.84 Å². The van der Waals surface area contributed by atoms with E-state index in [9.17, 15) is 5.11 Å². The van der Waals surface area contributed by atoms with E-state index in [1.165, 1.54) is 32.5 Å². The molecular weight excluding hydrogens is 404 g/mol. The summed E-state index contributed by atoms with van der Waals surface area (Å²) in [5, 5.41) is 17.4. The fourth-order valence-corrected chi connectivity index (χ4v) is 4.90. The molecule has 0 radical (unpaired) electrons. The van der Waals surface area contributed by atoms with Crippen LogP contribution in [0.4, 0.5) is 0 Å². The van der Waals surface area contributed by atoms with Gasteiger partial charge in [-0.05, 0) is 91.0 Å². The average Bonchev–Trinajstić information content (AvgIpc) is 2.86. The van der Waals surface area contributed by atoms with Gasteiger partial charge in [-0.2, -0.15) is 0 Å². The van der Waals surface area contributed by atoms with Crippen molar-refractivity contribution in [3.63, 3.8) is 0 Å². The number of fused-ring (bicyclic) bond motifs is 3. The van der Waals surface area contributed by atoms with Crippen LogP contribution in [0, 0.1) is 0 Å². The van der Waals surface area contributed by atoms with Crippen molar-refractivity contribution in [3.05, 3.63) is 109 Å². The van der Waals surface area contributed by atoms with Gasteiger partial charge in [0.2, 0.25) is 0 Å². The Labute approximate surface area is 192 Å². The highest BCUT2D eigenvalue weighted by Crippen LogP contribution is 2.45. The Balaban J connectivity index is 1.83. The van der Waals surface area contributed by atoms with Crippen LogP contribution in [-0.2, 0) is 0 Å². The Morgan fingerprint density at radius 1 is 0.515 bits per heavy atom. The molecule has 0 bridgehead atoms. The van der Waals surface area contributed by atoms with Gasteiger partial charge in [0, 0.05) is 0 Å².